The highest BCUT2D eigenvalue weighted by Crippen LogP contribution is 2.30. The number of hydrogen-bond acceptors (Lipinski definition) is 4. The molecule has 0 amide bonds. The van der Waals surface area contributed by atoms with Crippen molar-refractivity contribution in [3.8, 4) is 11.5 Å². The Bertz CT molecular complexity index is 440. The van der Waals surface area contributed by atoms with E-state index >= 15 is 0 Å². The minimum Gasteiger partial charge on any atom is -0.496 e. The molecular formula is C15H22O4. The molecule has 0 spiro atoms. The van der Waals surface area contributed by atoms with Crippen LogP contribution in [0.5, 0.6) is 11.5 Å². The second-order valence-corrected chi connectivity index (χ2v) is 4.47. The van der Waals surface area contributed by atoms with Crippen molar-refractivity contribution in [2.75, 3.05) is 21.3 Å². The summed E-state index contributed by atoms with van der Waals surface area (Å²) in [6.45, 7) is 3.93. The molecule has 0 aliphatic carbocycles. The zero-order chi connectivity index (χ0) is 14.4. The minimum atomic E-state index is -0.191. The smallest absolute Gasteiger partial charge is 0.308 e. The van der Waals surface area contributed by atoms with Crippen LogP contribution >= 0.6 is 0 Å². The van der Waals surface area contributed by atoms with Gasteiger partial charge in [0, 0.05) is 0 Å². The van der Waals surface area contributed by atoms with Gasteiger partial charge in [-0.05, 0) is 43.0 Å². The van der Waals surface area contributed by atoms with E-state index in [2.05, 4.69) is 0 Å². The Morgan fingerprint density at radius 3 is 2.26 bits per heavy atom. The lowest BCUT2D eigenvalue weighted by atomic mass is 9.95. The molecule has 4 heteroatoms. The molecule has 4 nitrogen and oxygen atoms in total. The van der Waals surface area contributed by atoms with Crippen molar-refractivity contribution in [1.29, 1.82) is 0 Å². The SMILES string of the molecule is CCC(Cc1cc(OC)c(C)cc1OC)C(=O)OC. The van der Waals surface area contributed by atoms with E-state index in [0.29, 0.717) is 6.42 Å². The maximum absolute atomic E-state index is 11.7. The third kappa shape index (κ3) is 3.63. The first-order valence-electron chi connectivity index (χ1n) is 6.36. The van der Waals surface area contributed by atoms with Crippen LogP contribution in [0.1, 0.15) is 24.5 Å². The van der Waals surface area contributed by atoms with Crippen molar-refractivity contribution in [3.63, 3.8) is 0 Å². The molecule has 0 aliphatic heterocycles. The van der Waals surface area contributed by atoms with Crippen LogP contribution in [0.2, 0.25) is 0 Å². The third-order valence-electron chi connectivity index (χ3n) is 3.29. The molecule has 0 aromatic heterocycles. The first kappa shape index (κ1) is 15.3. The monoisotopic (exact) mass is 266 g/mol. The van der Waals surface area contributed by atoms with Gasteiger partial charge >= 0.3 is 5.97 Å². The Kier molecular flexibility index (Phi) is 5.67. The maximum atomic E-state index is 11.7. The minimum absolute atomic E-state index is 0.161. The second kappa shape index (κ2) is 7.02. The highest BCUT2D eigenvalue weighted by Gasteiger charge is 2.20. The van der Waals surface area contributed by atoms with Crippen LogP contribution in [-0.2, 0) is 16.0 Å². The molecule has 0 bridgehead atoms. The van der Waals surface area contributed by atoms with Gasteiger partial charge in [0.1, 0.15) is 11.5 Å². The van der Waals surface area contributed by atoms with E-state index in [0.717, 1.165) is 29.0 Å². The molecule has 19 heavy (non-hydrogen) atoms. The summed E-state index contributed by atoms with van der Waals surface area (Å²) in [5.41, 5.74) is 1.97. The summed E-state index contributed by atoms with van der Waals surface area (Å²) in [5.74, 6) is 1.23. The van der Waals surface area contributed by atoms with Gasteiger partial charge in [0.05, 0.1) is 27.2 Å². The van der Waals surface area contributed by atoms with Gasteiger partial charge < -0.3 is 14.2 Å². The van der Waals surface area contributed by atoms with E-state index in [-0.39, 0.29) is 11.9 Å². The number of benzene rings is 1. The van der Waals surface area contributed by atoms with Crippen LogP contribution in [-0.4, -0.2) is 27.3 Å². The fourth-order valence-corrected chi connectivity index (χ4v) is 2.10. The lowest BCUT2D eigenvalue weighted by molar-refractivity contribution is -0.145. The molecular weight excluding hydrogens is 244 g/mol. The standard InChI is InChI=1S/C15H22O4/c1-6-11(15(16)19-5)8-12-9-13(17-3)10(2)7-14(12)18-4/h7,9,11H,6,8H2,1-5H3. The Morgan fingerprint density at radius 1 is 1.16 bits per heavy atom. The van der Waals surface area contributed by atoms with Crippen molar-refractivity contribution in [2.45, 2.75) is 26.7 Å². The van der Waals surface area contributed by atoms with E-state index in [4.69, 9.17) is 14.2 Å². The van der Waals surface area contributed by atoms with Crippen LogP contribution in [0.3, 0.4) is 0 Å². The van der Waals surface area contributed by atoms with Gasteiger partial charge in [-0.2, -0.15) is 0 Å². The van der Waals surface area contributed by atoms with E-state index in [9.17, 15) is 4.79 Å². The number of methoxy groups -OCH3 is 3. The molecule has 0 radical (unpaired) electrons. The average molecular weight is 266 g/mol. The van der Waals surface area contributed by atoms with Crippen molar-refractivity contribution in [2.24, 2.45) is 5.92 Å². The summed E-state index contributed by atoms with van der Waals surface area (Å²) in [7, 11) is 4.68. The first-order valence-corrected chi connectivity index (χ1v) is 6.36. The van der Waals surface area contributed by atoms with Crippen LogP contribution in [0.25, 0.3) is 0 Å². The van der Waals surface area contributed by atoms with Crippen molar-refractivity contribution < 1.29 is 19.0 Å². The molecule has 1 rings (SSSR count). The summed E-state index contributed by atoms with van der Waals surface area (Å²) in [4.78, 5) is 11.7. The Morgan fingerprint density at radius 2 is 1.79 bits per heavy atom. The quantitative estimate of drug-likeness (QED) is 0.743. The normalized spacial score (nSPS) is 11.8. The lowest BCUT2D eigenvalue weighted by Crippen LogP contribution is -2.18. The average Bonchev–Trinajstić information content (AvgIpc) is 2.44. The Balaban J connectivity index is 3.07. The van der Waals surface area contributed by atoms with Crippen LogP contribution < -0.4 is 9.47 Å². The van der Waals surface area contributed by atoms with Crippen LogP contribution in [0.4, 0.5) is 0 Å². The first-order chi connectivity index (χ1) is 9.07. The zero-order valence-electron chi connectivity index (χ0n) is 12.3. The number of carbonyl (C=O) groups is 1. The molecule has 0 heterocycles. The highest BCUT2D eigenvalue weighted by molar-refractivity contribution is 5.72. The van der Waals surface area contributed by atoms with Gasteiger partial charge in [0.25, 0.3) is 0 Å². The molecule has 1 aromatic rings. The topological polar surface area (TPSA) is 44.8 Å². The van der Waals surface area contributed by atoms with Crippen LogP contribution in [0, 0.1) is 12.8 Å². The fourth-order valence-electron chi connectivity index (χ4n) is 2.10. The number of aryl methyl sites for hydroxylation is 1. The van der Waals surface area contributed by atoms with Gasteiger partial charge in [-0.25, -0.2) is 0 Å². The van der Waals surface area contributed by atoms with Crippen molar-refractivity contribution in [1.82, 2.24) is 0 Å². The van der Waals surface area contributed by atoms with Crippen molar-refractivity contribution >= 4 is 5.97 Å². The maximum Gasteiger partial charge on any atom is 0.308 e. The fraction of sp³-hybridized carbons (Fsp3) is 0.533. The number of esters is 1. The molecule has 0 saturated heterocycles. The summed E-state index contributed by atoms with van der Waals surface area (Å²) < 4.78 is 15.5. The molecule has 0 N–H and O–H groups in total. The molecule has 0 fully saturated rings. The highest BCUT2D eigenvalue weighted by atomic mass is 16.5. The largest absolute Gasteiger partial charge is 0.496 e. The predicted octanol–water partition coefficient (Wildman–Crippen LogP) is 2.75. The Hall–Kier alpha value is -1.71. The van der Waals surface area contributed by atoms with Crippen LogP contribution in [0.15, 0.2) is 12.1 Å². The summed E-state index contributed by atoms with van der Waals surface area (Å²) in [6, 6.07) is 3.86. The van der Waals surface area contributed by atoms with Gasteiger partial charge in [0.2, 0.25) is 0 Å². The van der Waals surface area contributed by atoms with Gasteiger partial charge in [-0.1, -0.05) is 6.92 Å². The van der Waals surface area contributed by atoms with E-state index in [1.54, 1.807) is 14.2 Å². The summed E-state index contributed by atoms with van der Waals surface area (Å²) >= 11 is 0. The van der Waals surface area contributed by atoms with Gasteiger partial charge in [0.15, 0.2) is 0 Å². The summed E-state index contributed by atoms with van der Waals surface area (Å²) in [5, 5.41) is 0. The van der Waals surface area contributed by atoms with Gasteiger partial charge in [-0.3, -0.25) is 4.79 Å². The zero-order valence-corrected chi connectivity index (χ0v) is 12.3. The number of rotatable bonds is 6. The second-order valence-electron chi connectivity index (χ2n) is 4.47. The third-order valence-corrected chi connectivity index (χ3v) is 3.29. The lowest BCUT2D eigenvalue weighted by Gasteiger charge is -2.17. The number of ether oxygens (including phenoxy) is 3. The predicted molar refractivity (Wildman–Crippen MR) is 73.8 cm³/mol. The molecule has 1 atom stereocenters. The van der Waals surface area contributed by atoms with E-state index < -0.39 is 0 Å². The van der Waals surface area contributed by atoms with E-state index in [1.807, 2.05) is 26.0 Å². The number of carbonyl (C=O) groups excluding carboxylic acids is 1. The van der Waals surface area contributed by atoms with Gasteiger partial charge in [-0.15, -0.1) is 0 Å². The molecule has 0 aliphatic rings. The van der Waals surface area contributed by atoms with E-state index in [1.165, 1.54) is 7.11 Å². The molecule has 1 unspecified atom stereocenters. The molecule has 1 aromatic carbocycles. The summed E-state index contributed by atoms with van der Waals surface area (Å²) in [6.07, 6.45) is 1.31. The number of hydrogen-bond donors (Lipinski definition) is 0. The Labute approximate surface area is 114 Å². The van der Waals surface area contributed by atoms with Crippen molar-refractivity contribution in [3.05, 3.63) is 23.3 Å². The molecule has 0 saturated carbocycles. The molecule has 106 valence electrons.